The molecule has 118 valence electrons. The van der Waals surface area contributed by atoms with Crippen molar-refractivity contribution >= 4 is 16.0 Å². The van der Waals surface area contributed by atoms with E-state index in [2.05, 4.69) is 9.47 Å². The van der Waals surface area contributed by atoms with Gasteiger partial charge in [-0.15, -0.1) is 13.2 Å². The molecule has 0 heterocycles. The predicted octanol–water partition coefficient (Wildman–Crippen LogP) is 1.38. The number of esters is 1. The van der Waals surface area contributed by atoms with Crippen LogP contribution in [0.25, 0.3) is 0 Å². The normalized spacial score (nSPS) is 12.3. The van der Waals surface area contributed by atoms with Gasteiger partial charge in [-0.05, 0) is 24.3 Å². The number of carbonyl (C=O) groups excluding carboxylic acids is 1. The first-order valence-electron chi connectivity index (χ1n) is 5.45. The molecule has 0 bridgehead atoms. The Balaban J connectivity index is 2.92. The highest BCUT2D eigenvalue weighted by atomic mass is 32.2. The highest BCUT2D eigenvalue weighted by molar-refractivity contribution is 7.89. The van der Waals surface area contributed by atoms with E-state index < -0.39 is 34.6 Å². The number of alkyl halides is 3. The van der Waals surface area contributed by atoms with Crippen LogP contribution < -0.4 is 4.74 Å². The zero-order valence-electron chi connectivity index (χ0n) is 11.0. The number of carbonyl (C=O) groups is 1. The van der Waals surface area contributed by atoms with Crippen LogP contribution in [0.1, 0.15) is 0 Å². The van der Waals surface area contributed by atoms with E-state index in [4.69, 9.17) is 0 Å². The van der Waals surface area contributed by atoms with Gasteiger partial charge >= 0.3 is 12.3 Å². The lowest BCUT2D eigenvalue weighted by molar-refractivity contribution is -0.274. The number of sulfonamides is 1. The van der Waals surface area contributed by atoms with Crippen molar-refractivity contribution in [3.8, 4) is 5.75 Å². The second-order valence-electron chi connectivity index (χ2n) is 3.86. The largest absolute Gasteiger partial charge is 0.573 e. The molecule has 0 aromatic heterocycles. The molecule has 0 atom stereocenters. The highest BCUT2D eigenvalue weighted by Crippen LogP contribution is 2.24. The molecule has 6 nitrogen and oxygen atoms in total. The van der Waals surface area contributed by atoms with Gasteiger partial charge in [0.15, 0.2) is 0 Å². The van der Waals surface area contributed by atoms with Gasteiger partial charge in [0.25, 0.3) is 0 Å². The summed E-state index contributed by atoms with van der Waals surface area (Å²) in [6.07, 6.45) is -4.86. The SMILES string of the molecule is COC(=O)CN(C)S(=O)(=O)c1ccc(OC(F)(F)F)cc1. The van der Waals surface area contributed by atoms with Crippen LogP contribution in [0.4, 0.5) is 13.2 Å². The van der Waals surface area contributed by atoms with Crippen LogP contribution in [-0.2, 0) is 19.6 Å². The molecule has 10 heteroatoms. The van der Waals surface area contributed by atoms with Crippen molar-refractivity contribution in [1.82, 2.24) is 4.31 Å². The Morgan fingerprint density at radius 3 is 2.19 bits per heavy atom. The minimum Gasteiger partial charge on any atom is -0.468 e. The van der Waals surface area contributed by atoms with Gasteiger partial charge in [-0.1, -0.05) is 0 Å². The van der Waals surface area contributed by atoms with Crippen molar-refractivity contribution in [2.24, 2.45) is 0 Å². The maximum absolute atomic E-state index is 12.0. The van der Waals surface area contributed by atoms with E-state index in [1.54, 1.807) is 0 Å². The standard InChI is InChI=1S/C11H12F3NO5S/c1-15(7-10(16)19-2)21(17,18)9-5-3-8(4-6-9)20-11(12,13)14/h3-6H,7H2,1-2H3. The highest BCUT2D eigenvalue weighted by Gasteiger charge is 2.31. The lowest BCUT2D eigenvalue weighted by atomic mass is 10.3. The Hall–Kier alpha value is -1.81. The molecule has 0 saturated heterocycles. The molecule has 0 amide bonds. The predicted molar refractivity (Wildman–Crippen MR) is 65.0 cm³/mol. The summed E-state index contributed by atoms with van der Waals surface area (Å²) in [4.78, 5) is 10.8. The molecule has 1 aromatic carbocycles. The third-order valence-electron chi connectivity index (χ3n) is 2.34. The van der Waals surface area contributed by atoms with Crippen molar-refractivity contribution < 1.29 is 35.9 Å². The fraction of sp³-hybridized carbons (Fsp3) is 0.364. The third kappa shape index (κ3) is 4.90. The Morgan fingerprint density at radius 2 is 1.76 bits per heavy atom. The van der Waals surface area contributed by atoms with Gasteiger partial charge in [-0.2, -0.15) is 4.31 Å². The number of benzene rings is 1. The molecule has 0 N–H and O–H groups in total. The van der Waals surface area contributed by atoms with Crippen molar-refractivity contribution in [3.63, 3.8) is 0 Å². The molecule has 0 spiro atoms. The summed E-state index contributed by atoms with van der Waals surface area (Å²) in [6.45, 7) is -0.514. The molecule has 0 radical (unpaired) electrons. The molecule has 0 fully saturated rings. The zero-order valence-corrected chi connectivity index (χ0v) is 11.9. The van der Waals surface area contributed by atoms with Gasteiger partial charge in [-0.3, -0.25) is 4.79 Å². The number of rotatable bonds is 5. The molecular weight excluding hydrogens is 315 g/mol. The van der Waals surface area contributed by atoms with Crippen LogP contribution in [0.5, 0.6) is 5.75 Å². The van der Waals surface area contributed by atoms with Gasteiger partial charge in [0.05, 0.1) is 12.0 Å². The third-order valence-corrected chi connectivity index (χ3v) is 4.16. The lowest BCUT2D eigenvalue weighted by Gasteiger charge is -2.16. The lowest BCUT2D eigenvalue weighted by Crippen LogP contribution is -2.32. The number of nitrogens with zero attached hydrogens (tertiary/aromatic N) is 1. The van der Waals surface area contributed by atoms with Crippen LogP contribution >= 0.6 is 0 Å². The Bertz CT molecular complexity index is 597. The van der Waals surface area contributed by atoms with Crippen molar-refractivity contribution in [2.45, 2.75) is 11.3 Å². The topological polar surface area (TPSA) is 72.9 Å². The van der Waals surface area contributed by atoms with Gasteiger partial charge < -0.3 is 9.47 Å². The van der Waals surface area contributed by atoms with E-state index >= 15 is 0 Å². The minimum atomic E-state index is -4.86. The summed E-state index contributed by atoms with van der Waals surface area (Å²) in [5.74, 6) is -1.31. The number of halogens is 3. The number of ether oxygens (including phenoxy) is 2. The maximum Gasteiger partial charge on any atom is 0.573 e. The zero-order chi connectivity index (χ0) is 16.3. The fourth-order valence-electron chi connectivity index (χ4n) is 1.32. The van der Waals surface area contributed by atoms with Gasteiger partial charge in [0.2, 0.25) is 10.0 Å². The maximum atomic E-state index is 12.0. The number of hydrogen-bond donors (Lipinski definition) is 0. The number of hydrogen-bond acceptors (Lipinski definition) is 5. The van der Waals surface area contributed by atoms with Crippen molar-refractivity contribution in [2.75, 3.05) is 20.7 Å². The van der Waals surface area contributed by atoms with Crippen LogP contribution in [0.3, 0.4) is 0 Å². The van der Waals surface area contributed by atoms with Crippen LogP contribution in [0.15, 0.2) is 29.2 Å². The Kier molecular flexibility index (Phi) is 5.18. The quantitative estimate of drug-likeness (QED) is 0.764. The minimum absolute atomic E-state index is 0.275. The monoisotopic (exact) mass is 327 g/mol. The van der Waals surface area contributed by atoms with Gasteiger partial charge in [-0.25, -0.2) is 8.42 Å². The van der Waals surface area contributed by atoms with Crippen LogP contribution in [0.2, 0.25) is 0 Å². The molecule has 0 unspecified atom stereocenters. The number of likely N-dealkylation sites (N-methyl/N-ethyl adjacent to an activating group) is 1. The molecule has 0 aliphatic rings. The van der Waals surface area contributed by atoms with Crippen molar-refractivity contribution in [3.05, 3.63) is 24.3 Å². The molecule has 21 heavy (non-hydrogen) atoms. The molecule has 0 aliphatic carbocycles. The van der Waals surface area contributed by atoms with E-state index in [-0.39, 0.29) is 4.90 Å². The first-order chi connectivity index (χ1) is 9.56. The summed E-state index contributed by atoms with van der Waals surface area (Å²) >= 11 is 0. The summed E-state index contributed by atoms with van der Waals surface area (Å²) in [5.41, 5.74) is 0. The molecule has 0 aliphatic heterocycles. The number of methoxy groups -OCH3 is 1. The average Bonchev–Trinajstić information content (AvgIpc) is 2.37. The summed E-state index contributed by atoms with van der Waals surface area (Å²) in [5, 5.41) is 0. The van der Waals surface area contributed by atoms with E-state index in [1.165, 1.54) is 0 Å². The molecule has 1 aromatic rings. The molecule has 1 rings (SSSR count). The summed E-state index contributed by atoms with van der Waals surface area (Å²) in [6, 6.07) is 3.63. The fourth-order valence-corrected chi connectivity index (χ4v) is 2.44. The first kappa shape index (κ1) is 17.2. The first-order valence-corrected chi connectivity index (χ1v) is 6.89. The van der Waals surface area contributed by atoms with E-state index in [1.807, 2.05) is 0 Å². The second-order valence-corrected chi connectivity index (χ2v) is 5.90. The summed E-state index contributed by atoms with van der Waals surface area (Å²) in [7, 11) is -1.76. The van der Waals surface area contributed by atoms with E-state index in [0.717, 1.165) is 42.7 Å². The molecule has 0 saturated carbocycles. The van der Waals surface area contributed by atoms with E-state index in [9.17, 15) is 26.4 Å². The van der Waals surface area contributed by atoms with Crippen LogP contribution in [0, 0.1) is 0 Å². The smallest absolute Gasteiger partial charge is 0.468 e. The second kappa shape index (κ2) is 6.31. The van der Waals surface area contributed by atoms with E-state index in [0.29, 0.717) is 0 Å². The average molecular weight is 327 g/mol. The van der Waals surface area contributed by atoms with Gasteiger partial charge in [0.1, 0.15) is 12.3 Å². The molecular formula is C11H12F3NO5S. The van der Waals surface area contributed by atoms with Crippen molar-refractivity contribution in [1.29, 1.82) is 0 Å². The Morgan fingerprint density at radius 1 is 1.24 bits per heavy atom. The Labute approximate surface area is 119 Å². The van der Waals surface area contributed by atoms with Crippen LogP contribution in [-0.4, -0.2) is 45.8 Å². The van der Waals surface area contributed by atoms with Gasteiger partial charge in [0, 0.05) is 7.05 Å². The summed E-state index contributed by atoms with van der Waals surface area (Å²) < 4.78 is 68.7.